The van der Waals surface area contributed by atoms with E-state index in [0.29, 0.717) is 12.5 Å². The summed E-state index contributed by atoms with van der Waals surface area (Å²) < 4.78 is 30.8. The molecule has 1 saturated carbocycles. The van der Waals surface area contributed by atoms with E-state index in [1.807, 2.05) is 6.07 Å². The Kier molecular flexibility index (Phi) is 6.16. The molecule has 1 aliphatic carbocycles. The molecule has 2 aromatic rings. The first-order valence-electron chi connectivity index (χ1n) is 9.27. The normalized spacial score (nSPS) is 17.5. The van der Waals surface area contributed by atoms with Gasteiger partial charge < -0.3 is 9.73 Å². The lowest BCUT2D eigenvalue weighted by molar-refractivity contribution is 0.270. The van der Waals surface area contributed by atoms with Crippen molar-refractivity contribution in [3.63, 3.8) is 0 Å². The summed E-state index contributed by atoms with van der Waals surface area (Å²) in [6.45, 7) is 0.586. The van der Waals surface area contributed by atoms with E-state index in [9.17, 15) is 8.42 Å². The van der Waals surface area contributed by atoms with E-state index < -0.39 is 10.0 Å². The number of sulfonamides is 1. The molecule has 0 spiro atoms. The lowest BCUT2D eigenvalue weighted by Gasteiger charge is -2.31. The van der Waals surface area contributed by atoms with E-state index in [1.165, 1.54) is 58.0 Å². The number of rotatable bonds is 7. The van der Waals surface area contributed by atoms with Crippen LogP contribution in [0.4, 0.5) is 0 Å². The lowest BCUT2D eigenvalue weighted by Crippen LogP contribution is -2.29. The van der Waals surface area contributed by atoms with E-state index in [-0.39, 0.29) is 11.1 Å². The zero-order chi connectivity index (χ0) is 18.6. The molecule has 1 N–H and O–H groups in total. The van der Waals surface area contributed by atoms with Crippen LogP contribution in [-0.4, -0.2) is 26.8 Å². The Morgan fingerprint density at radius 3 is 2.50 bits per heavy atom. The molecule has 1 heterocycles. The summed E-state index contributed by atoms with van der Waals surface area (Å²) in [5, 5.41) is 3.64. The van der Waals surface area contributed by atoms with Gasteiger partial charge in [0.05, 0.1) is 6.26 Å². The van der Waals surface area contributed by atoms with Crippen LogP contribution in [-0.2, 0) is 16.6 Å². The van der Waals surface area contributed by atoms with E-state index in [1.54, 1.807) is 6.07 Å². The average molecular weight is 377 g/mol. The topological polar surface area (TPSA) is 62.6 Å². The van der Waals surface area contributed by atoms with Crippen molar-refractivity contribution in [1.82, 2.24) is 9.62 Å². The second kappa shape index (κ2) is 8.37. The maximum absolute atomic E-state index is 12.2. The van der Waals surface area contributed by atoms with E-state index in [4.69, 9.17) is 4.42 Å². The van der Waals surface area contributed by atoms with Crippen molar-refractivity contribution in [3.05, 3.63) is 53.8 Å². The molecular formula is C20H28N2O3S. The van der Waals surface area contributed by atoms with Crippen LogP contribution in [0.2, 0.25) is 0 Å². The van der Waals surface area contributed by atoms with Crippen molar-refractivity contribution in [2.24, 2.45) is 5.92 Å². The molecule has 1 atom stereocenters. The molecular weight excluding hydrogens is 348 g/mol. The fraction of sp³-hybridized carbons (Fsp3) is 0.500. The molecule has 0 aliphatic heterocycles. The Balaban J connectivity index is 1.73. The first-order valence-corrected chi connectivity index (χ1v) is 10.7. The van der Waals surface area contributed by atoms with Crippen molar-refractivity contribution >= 4 is 10.0 Å². The van der Waals surface area contributed by atoms with Crippen LogP contribution in [0.25, 0.3) is 0 Å². The fourth-order valence-electron chi connectivity index (χ4n) is 3.67. The summed E-state index contributed by atoms with van der Waals surface area (Å²) >= 11 is 0. The van der Waals surface area contributed by atoms with Gasteiger partial charge in [0.2, 0.25) is 5.09 Å². The van der Waals surface area contributed by atoms with Gasteiger partial charge in [0.25, 0.3) is 10.0 Å². The zero-order valence-electron chi connectivity index (χ0n) is 15.5. The zero-order valence-corrected chi connectivity index (χ0v) is 16.3. The number of benzene rings is 1. The summed E-state index contributed by atoms with van der Waals surface area (Å²) in [5.41, 5.74) is 2.14. The van der Waals surface area contributed by atoms with Crippen LogP contribution < -0.4 is 5.32 Å². The van der Waals surface area contributed by atoms with Gasteiger partial charge in [0.1, 0.15) is 0 Å². The van der Waals surface area contributed by atoms with E-state index >= 15 is 0 Å². The molecule has 0 saturated heterocycles. The molecule has 1 fully saturated rings. The third-order valence-corrected chi connectivity index (χ3v) is 6.85. The minimum atomic E-state index is -3.53. The minimum Gasteiger partial charge on any atom is -0.451 e. The van der Waals surface area contributed by atoms with Crippen LogP contribution in [0.1, 0.15) is 49.3 Å². The second-order valence-electron chi connectivity index (χ2n) is 7.23. The van der Waals surface area contributed by atoms with Gasteiger partial charge in [-0.25, -0.2) is 12.7 Å². The second-order valence-corrected chi connectivity index (χ2v) is 9.31. The Hall–Kier alpha value is -1.63. The van der Waals surface area contributed by atoms with Crippen LogP contribution in [0, 0.1) is 5.92 Å². The fourth-order valence-corrected chi connectivity index (χ4v) is 4.50. The molecule has 0 unspecified atom stereocenters. The van der Waals surface area contributed by atoms with Gasteiger partial charge in [-0.1, -0.05) is 49.6 Å². The van der Waals surface area contributed by atoms with Crippen molar-refractivity contribution in [1.29, 1.82) is 0 Å². The molecule has 26 heavy (non-hydrogen) atoms. The quantitative estimate of drug-likeness (QED) is 0.795. The number of hydrogen-bond acceptors (Lipinski definition) is 4. The number of nitrogens with one attached hydrogen (secondary N) is 1. The monoisotopic (exact) mass is 376 g/mol. The third-order valence-electron chi connectivity index (χ3n) is 5.17. The van der Waals surface area contributed by atoms with Crippen molar-refractivity contribution in [2.75, 3.05) is 14.1 Å². The highest BCUT2D eigenvalue weighted by Gasteiger charge is 2.26. The molecule has 1 aliphatic rings. The summed E-state index contributed by atoms with van der Waals surface area (Å²) in [7, 11) is -0.520. The molecule has 6 heteroatoms. The average Bonchev–Trinajstić information content (AvgIpc) is 3.13. The van der Waals surface area contributed by atoms with Crippen molar-refractivity contribution < 1.29 is 12.8 Å². The highest BCUT2D eigenvalue weighted by atomic mass is 32.2. The van der Waals surface area contributed by atoms with Gasteiger partial charge in [0.15, 0.2) is 0 Å². The van der Waals surface area contributed by atoms with Gasteiger partial charge >= 0.3 is 0 Å². The van der Waals surface area contributed by atoms with Crippen molar-refractivity contribution in [3.8, 4) is 0 Å². The van der Waals surface area contributed by atoms with Crippen LogP contribution in [0.3, 0.4) is 0 Å². The van der Waals surface area contributed by atoms with Gasteiger partial charge in [-0.15, -0.1) is 0 Å². The maximum atomic E-state index is 12.2. The van der Waals surface area contributed by atoms with Crippen LogP contribution in [0.15, 0.2) is 52.2 Å². The molecule has 1 aromatic carbocycles. The molecule has 5 nitrogen and oxygen atoms in total. The Morgan fingerprint density at radius 2 is 1.85 bits per heavy atom. The van der Waals surface area contributed by atoms with Gasteiger partial charge in [-0.2, -0.15) is 0 Å². The number of nitrogens with zero attached hydrogens (tertiary/aromatic N) is 1. The van der Waals surface area contributed by atoms with E-state index in [2.05, 4.69) is 29.6 Å². The Labute approximate surface area is 156 Å². The Morgan fingerprint density at radius 1 is 1.15 bits per heavy atom. The van der Waals surface area contributed by atoms with Crippen LogP contribution in [0.5, 0.6) is 0 Å². The molecule has 3 rings (SSSR count). The van der Waals surface area contributed by atoms with Crippen molar-refractivity contribution in [2.45, 2.75) is 49.8 Å². The predicted octanol–water partition coefficient (Wildman–Crippen LogP) is 3.94. The summed E-state index contributed by atoms with van der Waals surface area (Å²) in [6, 6.07) is 12.4. The summed E-state index contributed by atoms with van der Waals surface area (Å²) in [4.78, 5) is 0. The lowest BCUT2D eigenvalue weighted by atomic mass is 9.81. The molecule has 0 radical (unpaired) electrons. The molecule has 0 bridgehead atoms. The predicted molar refractivity (Wildman–Crippen MR) is 102 cm³/mol. The standard InChI is InChI=1S/C20H28N2O3S/c1-22(2)26(23,24)19-13-16(15-25-19)14-21-20(17-9-5-3-6-10-17)18-11-7-4-8-12-18/h3,5-6,9-10,13,15,18,20-21H,4,7-8,11-12,14H2,1-2H3/t20-/m1/s1. The summed E-state index contributed by atoms with van der Waals surface area (Å²) in [6.07, 6.45) is 7.90. The minimum absolute atomic E-state index is 0.00627. The number of furan rings is 1. The maximum Gasteiger partial charge on any atom is 0.275 e. The largest absolute Gasteiger partial charge is 0.451 e. The molecule has 1 aromatic heterocycles. The summed E-state index contributed by atoms with van der Waals surface area (Å²) in [5.74, 6) is 0.614. The van der Waals surface area contributed by atoms with Crippen LogP contribution >= 0.6 is 0 Å². The SMILES string of the molecule is CN(C)S(=O)(=O)c1cc(CN[C@H](c2ccccc2)C2CCCCC2)co1. The number of hydrogen-bond donors (Lipinski definition) is 1. The molecule has 0 amide bonds. The Bertz CT molecular complexity index is 793. The first kappa shape index (κ1) is 19.1. The van der Waals surface area contributed by atoms with Gasteiger partial charge in [0, 0.05) is 38.3 Å². The highest BCUT2D eigenvalue weighted by molar-refractivity contribution is 7.88. The molecule has 142 valence electrons. The van der Waals surface area contributed by atoms with E-state index in [0.717, 1.165) is 9.87 Å². The van der Waals surface area contributed by atoms with Gasteiger partial charge in [-0.05, 0) is 24.3 Å². The first-order chi connectivity index (χ1) is 12.5. The highest BCUT2D eigenvalue weighted by Crippen LogP contribution is 2.34. The smallest absolute Gasteiger partial charge is 0.275 e. The van der Waals surface area contributed by atoms with Gasteiger partial charge in [-0.3, -0.25) is 0 Å². The third kappa shape index (κ3) is 4.37.